The minimum Gasteiger partial charge on any atom is -0.334 e. The van der Waals surface area contributed by atoms with Crippen molar-refractivity contribution in [1.29, 1.82) is 10.5 Å². The molecule has 1 atom stereocenters. The number of nitrogens with one attached hydrogen (secondary N) is 2. The Morgan fingerprint density at radius 3 is 2.53 bits per heavy atom. The first-order chi connectivity index (χ1) is 8.15. The maximum absolute atomic E-state index is 11.5. The Morgan fingerprint density at radius 1 is 1.35 bits per heavy atom. The molecule has 0 aliphatic carbocycles. The van der Waals surface area contributed by atoms with E-state index in [1.54, 1.807) is 31.2 Å². The average molecular weight is 228 g/mol. The summed E-state index contributed by atoms with van der Waals surface area (Å²) in [5.74, 6) is 0. The first-order valence-electron chi connectivity index (χ1n) is 5.10. The van der Waals surface area contributed by atoms with Gasteiger partial charge in [0.05, 0.1) is 24.1 Å². The van der Waals surface area contributed by atoms with Gasteiger partial charge in [-0.15, -0.1) is 0 Å². The molecule has 0 aliphatic rings. The van der Waals surface area contributed by atoms with E-state index in [2.05, 4.69) is 10.6 Å². The molecule has 0 saturated carbocycles. The zero-order chi connectivity index (χ0) is 12.7. The van der Waals surface area contributed by atoms with Crippen LogP contribution in [0.25, 0.3) is 0 Å². The van der Waals surface area contributed by atoms with Crippen LogP contribution in [0.5, 0.6) is 0 Å². The van der Waals surface area contributed by atoms with E-state index in [0.29, 0.717) is 11.3 Å². The van der Waals surface area contributed by atoms with Crippen LogP contribution >= 0.6 is 0 Å². The lowest BCUT2D eigenvalue weighted by Gasteiger charge is -2.11. The number of hydrogen-bond acceptors (Lipinski definition) is 3. The predicted molar refractivity (Wildman–Crippen MR) is 63.0 cm³/mol. The molecule has 1 aromatic carbocycles. The molecular weight excluding hydrogens is 216 g/mol. The van der Waals surface area contributed by atoms with Crippen LogP contribution in [0.2, 0.25) is 0 Å². The predicted octanol–water partition coefficient (Wildman–Crippen LogP) is 1.98. The number of carbonyl (C=O) groups excluding carboxylic acids is 1. The van der Waals surface area contributed by atoms with E-state index in [4.69, 9.17) is 10.5 Å². The highest BCUT2D eigenvalue weighted by molar-refractivity contribution is 5.89. The lowest BCUT2D eigenvalue weighted by molar-refractivity contribution is 0.249. The molecule has 1 aromatic rings. The summed E-state index contributed by atoms with van der Waals surface area (Å²) >= 11 is 0. The molecule has 2 N–H and O–H groups in total. The van der Waals surface area contributed by atoms with Gasteiger partial charge in [-0.25, -0.2) is 4.79 Å². The van der Waals surface area contributed by atoms with E-state index in [1.165, 1.54) is 0 Å². The van der Waals surface area contributed by atoms with Crippen molar-refractivity contribution >= 4 is 11.7 Å². The molecular formula is C12H12N4O. The molecule has 2 amide bonds. The highest BCUT2D eigenvalue weighted by Crippen LogP contribution is 2.08. The van der Waals surface area contributed by atoms with Gasteiger partial charge in [0.2, 0.25) is 0 Å². The molecule has 0 radical (unpaired) electrons. The fourth-order valence-electron chi connectivity index (χ4n) is 1.21. The molecule has 0 fully saturated rings. The molecule has 0 aliphatic heterocycles. The van der Waals surface area contributed by atoms with Gasteiger partial charge in [0.15, 0.2) is 0 Å². The molecule has 0 spiro atoms. The number of carbonyl (C=O) groups is 1. The van der Waals surface area contributed by atoms with Crippen molar-refractivity contribution in [3.8, 4) is 12.1 Å². The van der Waals surface area contributed by atoms with Crippen LogP contribution in [0.1, 0.15) is 18.9 Å². The number of nitriles is 2. The lowest BCUT2D eigenvalue weighted by Crippen LogP contribution is -2.35. The second kappa shape index (κ2) is 6.14. The Bertz CT molecular complexity index is 467. The molecule has 86 valence electrons. The average Bonchev–Trinajstić information content (AvgIpc) is 2.30. The summed E-state index contributed by atoms with van der Waals surface area (Å²) in [4.78, 5) is 11.5. The van der Waals surface area contributed by atoms with E-state index < -0.39 is 0 Å². The molecule has 17 heavy (non-hydrogen) atoms. The van der Waals surface area contributed by atoms with Crippen molar-refractivity contribution < 1.29 is 4.79 Å². The first kappa shape index (κ1) is 12.5. The van der Waals surface area contributed by atoms with Gasteiger partial charge in [-0.3, -0.25) is 0 Å². The number of benzene rings is 1. The standard InChI is InChI=1S/C12H12N4O/c1-9(6-7-13)15-12(17)16-11-4-2-10(8-14)3-5-11/h2-5,9H,6H2,1H3,(H2,15,16,17). The molecule has 0 bridgehead atoms. The number of amides is 2. The van der Waals surface area contributed by atoms with Crippen molar-refractivity contribution in [3.63, 3.8) is 0 Å². The topological polar surface area (TPSA) is 88.7 Å². The van der Waals surface area contributed by atoms with Crippen LogP contribution in [0.15, 0.2) is 24.3 Å². The third-order valence-corrected chi connectivity index (χ3v) is 2.05. The van der Waals surface area contributed by atoms with Gasteiger partial charge in [0, 0.05) is 11.7 Å². The monoisotopic (exact) mass is 228 g/mol. The fraction of sp³-hybridized carbons (Fsp3) is 0.250. The van der Waals surface area contributed by atoms with E-state index in [-0.39, 0.29) is 18.5 Å². The van der Waals surface area contributed by atoms with Gasteiger partial charge < -0.3 is 10.6 Å². The third-order valence-electron chi connectivity index (χ3n) is 2.05. The molecule has 1 unspecified atom stereocenters. The van der Waals surface area contributed by atoms with Crippen LogP contribution in [-0.4, -0.2) is 12.1 Å². The zero-order valence-electron chi connectivity index (χ0n) is 9.40. The minimum atomic E-state index is -0.363. The maximum Gasteiger partial charge on any atom is 0.319 e. The third kappa shape index (κ3) is 4.23. The van der Waals surface area contributed by atoms with Gasteiger partial charge >= 0.3 is 6.03 Å². The summed E-state index contributed by atoms with van der Waals surface area (Å²) in [7, 11) is 0. The summed E-state index contributed by atoms with van der Waals surface area (Å²) in [6.07, 6.45) is 0.265. The number of rotatable bonds is 3. The Morgan fingerprint density at radius 2 is 2.00 bits per heavy atom. The van der Waals surface area contributed by atoms with E-state index >= 15 is 0 Å². The second-order valence-electron chi connectivity index (χ2n) is 3.55. The zero-order valence-corrected chi connectivity index (χ0v) is 9.40. The summed E-state index contributed by atoms with van der Waals surface area (Å²) < 4.78 is 0. The largest absolute Gasteiger partial charge is 0.334 e. The van der Waals surface area contributed by atoms with E-state index in [9.17, 15) is 4.79 Å². The number of anilines is 1. The van der Waals surface area contributed by atoms with Crippen LogP contribution in [0.4, 0.5) is 10.5 Å². The fourth-order valence-corrected chi connectivity index (χ4v) is 1.21. The highest BCUT2D eigenvalue weighted by Gasteiger charge is 2.06. The first-order valence-corrected chi connectivity index (χ1v) is 5.10. The Kier molecular flexibility index (Phi) is 4.53. The van der Waals surface area contributed by atoms with Crippen molar-refractivity contribution in [1.82, 2.24) is 5.32 Å². The van der Waals surface area contributed by atoms with Gasteiger partial charge in [-0.2, -0.15) is 10.5 Å². The SMILES string of the molecule is CC(CC#N)NC(=O)Nc1ccc(C#N)cc1. The summed E-state index contributed by atoms with van der Waals surface area (Å²) in [5, 5.41) is 22.3. The molecule has 5 nitrogen and oxygen atoms in total. The van der Waals surface area contributed by atoms with E-state index in [0.717, 1.165) is 0 Å². The quantitative estimate of drug-likeness (QED) is 0.828. The molecule has 1 rings (SSSR count). The summed E-state index contributed by atoms with van der Waals surface area (Å²) in [5.41, 5.74) is 1.14. The van der Waals surface area contributed by atoms with Crippen molar-refractivity contribution in [2.75, 3.05) is 5.32 Å². The van der Waals surface area contributed by atoms with Gasteiger partial charge in [0.1, 0.15) is 0 Å². The molecule has 0 heterocycles. The van der Waals surface area contributed by atoms with Gasteiger partial charge in [-0.1, -0.05) is 0 Å². The molecule has 0 saturated heterocycles. The maximum atomic E-state index is 11.5. The van der Waals surface area contributed by atoms with E-state index in [1.807, 2.05) is 12.1 Å². The van der Waals surface area contributed by atoms with Crippen LogP contribution in [0, 0.1) is 22.7 Å². The minimum absolute atomic E-state index is 0.196. The lowest BCUT2D eigenvalue weighted by atomic mass is 10.2. The second-order valence-corrected chi connectivity index (χ2v) is 3.55. The number of urea groups is 1. The Balaban J connectivity index is 2.51. The number of nitrogens with zero attached hydrogens (tertiary/aromatic N) is 2. The van der Waals surface area contributed by atoms with Crippen molar-refractivity contribution in [3.05, 3.63) is 29.8 Å². The Hall–Kier alpha value is -2.53. The van der Waals surface area contributed by atoms with Crippen LogP contribution < -0.4 is 10.6 Å². The van der Waals surface area contributed by atoms with Crippen molar-refractivity contribution in [2.24, 2.45) is 0 Å². The Labute approximate surface area is 99.7 Å². The van der Waals surface area contributed by atoms with Crippen molar-refractivity contribution in [2.45, 2.75) is 19.4 Å². The van der Waals surface area contributed by atoms with Gasteiger partial charge in [-0.05, 0) is 31.2 Å². The number of hydrogen-bond donors (Lipinski definition) is 2. The van der Waals surface area contributed by atoms with Crippen LogP contribution in [0.3, 0.4) is 0 Å². The summed E-state index contributed by atoms with van der Waals surface area (Å²) in [6, 6.07) is 9.94. The highest BCUT2D eigenvalue weighted by atomic mass is 16.2. The van der Waals surface area contributed by atoms with Crippen LogP contribution in [-0.2, 0) is 0 Å². The molecule has 0 aromatic heterocycles. The van der Waals surface area contributed by atoms with Gasteiger partial charge in [0.25, 0.3) is 0 Å². The summed E-state index contributed by atoms with van der Waals surface area (Å²) in [6.45, 7) is 1.75. The molecule has 5 heteroatoms. The normalized spacial score (nSPS) is 10.8. The smallest absolute Gasteiger partial charge is 0.319 e.